The molecule has 2 rings (SSSR count). The van der Waals surface area contributed by atoms with Crippen molar-refractivity contribution in [2.45, 2.75) is 19.6 Å². The molecule has 0 N–H and O–H groups in total. The van der Waals surface area contributed by atoms with Crippen LogP contribution < -0.4 is 0 Å². The molecule has 0 heterocycles. The number of carbonyl (C=O) groups excluding carboxylic acids is 1. The van der Waals surface area contributed by atoms with Gasteiger partial charge in [0.15, 0.2) is 5.78 Å². The Kier molecular flexibility index (Phi) is 4.96. The van der Waals surface area contributed by atoms with Crippen LogP contribution in [0.2, 0.25) is 0 Å². The van der Waals surface area contributed by atoms with Crippen molar-refractivity contribution < 1.29 is 9.18 Å². The van der Waals surface area contributed by atoms with E-state index in [-0.39, 0.29) is 11.6 Å². The fourth-order valence-corrected chi connectivity index (χ4v) is 2.99. The van der Waals surface area contributed by atoms with Crippen molar-refractivity contribution in [1.29, 1.82) is 0 Å². The standard InChI is InChI=1S/C17H17FOS/c1-12-7-13(2)9-14(8-12)10-20-11-17(19)15-3-5-16(18)6-4-15/h3-9H,10-11H2,1-2H3. The number of rotatable bonds is 5. The van der Waals surface area contributed by atoms with Gasteiger partial charge in [0.2, 0.25) is 0 Å². The molecule has 0 spiro atoms. The predicted molar refractivity (Wildman–Crippen MR) is 82.8 cm³/mol. The molecule has 3 heteroatoms. The normalized spacial score (nSPS) is 10.6. The van der Waals surface area contributed by atoms with E-state index < -0.39 is 0 Å². The maximum atomic E-state index is 12.8. The van der Waals surface area contributed by atoms with Gasteiger partial charge in [0.1, 0.15) is 5.82 Å². The van der Waals surface area contributed by atoms with Gasteiger partial charge in [-0.25, -0.2) is 4.39 Å². The summed E-state index contributed by atoms with van der Waals surface area (Å²) in [4.78, 5) is 11.9. The summed E-state index contributed by atoms with van der Waals surface area (Å²) in [5, 5.41) is 0. The van der Waals surface area contributed by atoms with Gasteiger partial charge < -0.3 is 0 Å². The molecule has 1 nitrogen and oxygen atoms in total. The number of ketones is 1. The molecule has 0 aromatic heterocycles. The molecule has 0 radical (unpaired) electrons. The average molecular weight is 288 g/mol. The summed E-state index contributed by atoms with van der Waals surface area (Å²) in [6, 6.07) is 12.1. The van der Waals surface area contributed by atoms with E-state index in [4.69, 9.17) is 0 Å². The third kappa shape index (κ3) is 4.20. The molecule has 0 saturated heterocycles. The highest BCUT2D eigenvalue weighted by molar-refractivity contribution is 7.99. The van der Waals surface area contributed by atoms with E-state index in [2.05, 4.69) is 32.0 Å². The molecular weight excluding hydrogens is 271 g/mol. The molecule has 0 amide bonds. The average Bonchev–Trinajstić information content (AvgIpc) is 2.38. The van der Waals surface area contributed by atoms with Gasteiger partial charge in [0.05, 0.1) is 5.75 Å². The van der Waals surface area contributed by atoms with E-state index in [0.717, 1.165) is 5.75 Å². The van der Waals surface area contributed by atoms with E-state index in [1.165, 1.54) is 41.0 Å². The highest BCUT2D eigenvalue weighted by Gasteiger charge is 2.06. The van der Waals surface area contributed by atoms with Crippen molar-refractivity contribution in [3.05, 3.63) is 70.5 Å². The third-order valence-corrected chi connectivity index (χ3v) is 3.95. The number of Topliss-reactive ketones (excluding diaryl/α,β-unsaturated/α-hetero) is 1. The van der Waals surface area contributed by atoms with Crippen LogP contribution in [0.25, 0.3) is 0 Å². The third-order valence-electron chi connectivity index (χ3n) is 2.95. The first kappa shape index (κ1) is 14.8. The van der Waals surface area contributed by atoms with E-state index in [0.29, 0.717) is 11.3 Å². The maximum Gasteiger partial charge on any atom is 0.172 e. The van der Waals surface area contributed by atoms with E-state index in [9.17, 15) is 9.18 Å². The van der Waals surface area contributed by atoms with E-state index >= 15 is 0 Å². The van der Waals surface area contributed by atoms with E-state index in [1.807, 2.05) is 0 Å². The smallest absolute Gasteiger partial charge is 0.172 e. The molecule has 0 saturated carbocycles. The number of hydrogen-bond donors (Lipinski definition) is 0. The van der Waals surface area contributed by atoms with Crippen LogP contribution in [0.3, 0.4) is 0 Å². The quantitative estimate of drug-likeness (QED) is 0.750. The maximum absolute atomic E-state index is 12.8. The minimum atomic E-state index is -0.315. The number of halogens is 1. The van der Waals surface area contributed by atoms with Crippen LogP contribution in [0, 0.1) is 19.7 Å². The highest BCUT2D eigenvalue weighted by Crippen LogP contribution is 2.17. The lowest BCUT2D eigenvalue weighted by Crippen LogP contribution is -2.02. The van der Waals surface area contributed by atoms with Gasteiger partial charge in [-0.1, -0.05) is 29.3 Å². The number of thioether (sulfide) groups is 1. The Hall–Kier alpha value is -1.61. The van der Waals surface area contributed by atoms with Crippen molar-refractivity contribution in [3.8, 4) is 0 Å². The first-order chi connectivity index (χ1) is 9.54. The van der Waals surface area contributed by atoms with Crippen molar-refractivity contribution in [1.82, 2.24) is 0 Å². The Morgan fingerprint density at radius 2 is 1.65 bits per heavy atom. The lowest BCUT2D eigenvalue weighted by Gasteiger charge is -2.05. The van der Waals surface area contributed by atoms with Gasteiger partial charge in [-0.2, -0.15) is 0 Å². The van der Waals surface area contributed by atoms with Crippen LogP contribution in [-0.4, -0.2) is 11.5 Å². The van der Waals surface area contributed by atoms with Crippen LogP contribution >= 0.6 is 11.8 Å². The Bertz CT molecular complexity index is 585. The molecule has 0 aliphatic carbocycles. The SMILES string of the molecule is Cc1cc(C)cc(CSCC(=O)c2ccc(F)cc2)c1. The Balaban J connectivity index is 1.89. The number of aryl methyl sites for hydroxylation is 2. The molecule has 0 unspecified atom stereocenters. The summed E-state index contributed by atoms with van der Waals surface area (Å²) >= 11 is 1.59. The zero-order valence-corrected chi connectivity index (χ0v) is 12.5. The van der Waals surface area contributed by atoms with Crippen LogP contribution in [0.4, 0.5) is 4.39 Å². The molecule has 104 valence electrons. The molecule has 0 fully saturated rings. The minimum absolute atomic E-state index is 0.0411. The first-order valence-electron chi connectivity index (χ1n) is 6.48. The molecule has 2 aromatic carbocycles. The Morgan fingerprint density at radius 1 is 1.05 bits per heavy atom. The zero-order chi connectivity index (χ0) is 14.5. The monoisotopic (exact) mass is 288 g/mol. The summed E-state index contributed by atoms with van der Waals surface area (Å²) < 4.78 is 12.8. The van der Waals surface area contributed by atoms with Crippen LogP contribution in [-0.2, 0) is 5.75 Å². The first-order valence-corrected chi connectivity index (χ1v) is 7.64. The van der Waals surface area contributed by atoms with Crippen molar-refractivity contribution >= 4 is 17.5 Å². The van der Waals surface area contributed by atoms with Gasteiger partial charge >= 0.3 is 0 Å². The fraction of sp³-hybridized carbons (Fsp3) is 0.235. The van der Waals surface area contributed by atoms with Gasteiger partial charge in [-0.15, -0.1) is 11.8 Å². The summed E-state index contributed by atoms with van der Waals surface area (Å²) in [5.74, 6) is 0.956. The largest absolute Gasteiger partial charge is 0.293 e. The fourth-order valence-electron chi connectivity index (χ4n) is 2.13. The second-order valence-corrected chi connectivity index (χ2v) is 5.90. The van der Waals surface area contributed by atoms with Crippen molar-refractivity contribution in [3.63, 3.8) is 0 Å². The molecular formula is C17H17FOS. The summed E-state index contributed by atoms with van der Waals surface area (Å²) in [5.41, 5.74) is 4.29. The summed E-state index contributed by atoms with van der Waals surface area (Å²) in [6.45, 7) is 4.15. The zero-order valence-electron chi connectivity index (χ0n) is 11.7. The van der Waals surface area contributed by atoms with Crippen molar-refractivity contribution in [2.75, 3.05) is 5.75 Å². The molecule has 20 heavy (non-hydrogen) atoms. The predicted octanol–water partition coefficient (Wildman–Crippen LogP) is 4.56. The molecule has 0 aliphatic heterocycles. The number of hydrogen-bond acceptors (Lipinski definition) is 2. The van der Waals surface area contributed by atoms with Gasteiger partial charge in [-0.05, 0) is 43.7 Å². The minimum Gasteiger partial charge on any atom is -0.293 e. The summed E-state index contributed by atoms with van der Waals surface area (Å²) in [6.07, 6.45) is 0. The lowest BCUT2D eigenvalue weighted by molar-refractivity contribution is 0.102. The van der Waals surface area contributed by atoms with Crippen LogP contribution in [0.5, 0.6) is 0 Å². The van der Waals surface area contributed by atoms with Gasteiger partial charge in [-0.3, -0.25) is 4.79 Å². The second-order valence-electron chi connectivity index (χ2n) is 4.92. The molecule has 0 bridgehead atoms. The Morgan fingerprint density at radius 3 is 2.25 bits per heavy atom. The second kappa shape index (κ2) is 6.71. The Labute approximate surface area is 123 Å². The molecule has 2 aromatic rings. The topological polar surface area (TPSA) is 17.1 Å². The van der Waals surface area contributed by atoms with Gasteiger partial charge in [0.25, 0.3) is 0 Å². The van der Waals surface area contributed by atoms with Crippen molar-refractivity contribution in [2.24, 2.45) is 0 Å². The lowest BCUT2D eigenvalue weighted by atomic mass is 10.1. The molecule has 0 aliphatic rings. The molecule has 0 atom stereocenters. The van der Waals surface area contributed by atoms with Gasteiger partial charge in [0, 0.05) is 11.3 Å². The van der Waals surface area contributed by atoms with E-state index in [1.54, 1.807) is 11.8 Å². The van der Waals surface area contributed by atoms with Crippen LogP contribution in [0.1, 0.15) is 27.0 Å². The summed E-state index contributed by atoms with van der Waals surface area (Å²) in [7, 11) is 0. The van der Waals surface area contributed by atoms with Crippen LogP contribution in [0.15, 0.2) is 42.5 Å². The highest BCUT2D eigenvalue weighted by atomic mass is 32.2. The number of carbonyl (C=O) groups is 1. The number of benzene rings is 2.